The second-order valence-corrected chi connectivity index (χ2v) is 3.73. The van der Waals surface area contributed by atoms with Crippen LogP contribution in [0.1, 0.15) is 0 Å². The van der Waals surface area contributed by atoms with Crippen molar-refractivity contribution >= 4 is 11.9 Å². The van der Waals surface area contributed by atoms with Crippen molar-refractivity contribution in [1.82, 2.24) is 15.0 Å². The third-order valence-corrected chi connectivity index (χ3v) is 2.31. The minimum Gasteiger partial charge on any atom is -0.480 e. The number of aromatic nitrogens is 3. The number of hydrogen-bond donors (Lipinski definition) is 1. The summed E-state index contributed by atoms with van der Waals surface area (Å²) in [4.78, 5) is 24.5. The Morgan fingerprint density at radius 2 is 2.22 bits per heavy atom. The fourth-order valence-electron chi connectivity index (χ4n) is 1.48. The van der Waals surface area contributed by atoms with Gasteiger partial charge in [0.05, 0.1) is 5.69 Å². The molecule has 0 aromatic carbocycles. The van der Waals surface area contributed by atoms with E-state index in [0.29, 0.717) is 11.6 Å². The van der Waals surface area contributed by atoms with Crippen LogP contribution in [0.25, 0.3) is 11.3 Å². The smallest absolute Gasteiger partial charge is 0.323 e. The molecule has 2 aromatic heterocycles. The van der Waals surface area contributed by atoms with E-state index in [1.165, 1.54) is 4.90 Å². The zero-order valence-electron chi connectivity index (χ0n) is 9.82. The number of nitrogens with zero attached hydrogens (tertiary/aromatic N) is 4. The first-order valence-corrected chi connectivity index (χ1v) is 5.33. The number of carboxylic acids is 1. The quantitative estimate of drug-likeness (QED) is 0.866. The van der Waals surface area contributed by atoms with Crippen LogP contribution < -0.4 is 4.90 Å². The molecule has 0 saturated carbocycles. The van der Waals surface area contributed by atoms with Gasteiger partial charge in [-0.1, -0.05) is 0 Å². The van der Waals surface area contributed by atoms with Crippen LogP contribution in [0.2, 0.25) is 0 Å². The molecule has 0 saturated heterocycles. The Morgan fingerprint density at radius 1 is 1.39 bits per heavy atom. The largest absolute Gasteiger partial charge is 0.480 e. The lowest BCUT2D eigenvalue weighted by atomic mass is 10.2. The molecule has 0 amide bonds. The topological polar surface area (TPSA) is 79.2 Å². The predicted octanol–water partition coefficient (Wildman–Crippen LogP) is 1.06. The maximum absolute atomic E-state index is 10.6. The summed E-state index contributed by atoms with van der Waals surface area (Å²) in [6.45, 7) is -0.142. The van der Waals surface area contributed by atoms with E-state index in [0.717, 1.165) is 5.56 Å². The molecule has 0 bridgehead atoms. The average molecular weight is 244 g/mol. The molecule has 0 unspecified atom stereocenters. The summed E-state index contributed by atoms with van der Waals surface area (Å²) in [5.74, 6) is -0.549. The number of hydrogen-bond acceptors (Lipinski definition) is 5. The summed E-state index contributed by atoms with van der Waals surface area (Å²) in [5, 5.41) is 8.72. The van der Waals surface area contributed by atoms with Crippen LogP contribution in [0.15, 0.2) is 36.8 Å². The predicted molar refractivity (Wildman–Crippen MR) is 66.2 cm³/mol. The van der Waals surface area contributed by atoms with Gasteiger partial charge in [-0.15, -0.1) is 0 Å². The summed E-state index contributed by atoms with van der Waals surface area (Å²) in [7, 11) is 1.64. The highest BCUT2D eigenvalue weighted by Crippen LogP contribution is 2.16. The minimum absolute atomic E-state index is 0.142. The number of carbonyl (C=O) groups is 1. The summed E-state index contributed by atoms with van der Waals surface area (Å²) in [5.41, 5.74) is 1.58. The zero-order chi connectivity index (χ0) is 13.0. The van der Waals surface area contributed by atoms with Crippen LogP contribution in [0.4, 0.5) is 5.95 Å². The van der Waals surface area contributed by atoms with E-state index >= 15 is 0 Å². The lowest BCUT2D eigenvalue weighted by molar-refractivity contribution is -0.135. The fraction of sp³-hybridized carbons (Fsp3) is 0.167. The SMILES string of the molecule is CN(CC(=O)O)c1nccc(-c2cccnc2)n1. The van der Waals surface area contributed by atoms with Crippen LogP contribution in [-0.2, 0) is 4.79 Å². The highest BCUT2D eigenvalue weighted by Gasteiger charge is 2.09. The Kier molecular flexibility index (Phi) is 3.47. The summed E-state index contributed by atoms with van der Waals surface area (Å²) in [6, 6.07) is 5.46. The second kappa shape index (κ2) is 5.22. The first kappa shape index (κ1) is 12.0. The van der Waals surface area contributed by atoms with Gasteiger partial charge in [-0.05, 0) is 18.2 Å². The fourth-order valence-corrected chi connectivity index (χ4v) is 1.48. The van der Waals surface area contributed by atoms with Gasteiger partial charge in [0.25, 0.3) is 0 Å². The molecule has 0 atom stereocenters. The molecule has 0 aliphatic heterocycles. The van der Waals surface area contributed by atoms with Gasteiger partial charge in [0.15, 0.2) is 0 Å². The Bertz CT molecular complexity index is 545. The van der Waals surface area contributed by atoms with Crippen LogP contribution in [0, 0.1) is 0 Å². The van der Waals surface area contributed by atoms with Crippen LogP contribution in [0.5, 0.6) is 0 Å². The maximum Gasteiger partial charge on any atom is 0.323 e. The van der Waals surface area contributed by atoms with E-state index < -0.39 is 5.97 Å². The highest BCUT2D eigenvalue weighted by atomic mass is 16.4. The van der Waals surface area contributed by atoms with Crippen molar-refractivity contribution in [2.24, 2.45) is 0 Å². The molecular weight excluding hydrogens is 232 g/mol. The molecule has 0 spiro atoms. The monoisotopic (exact) mass is 244 g/mol. The van der Waals surface area contributed by atoms with Crippen LogP contribution in [0.3, 0.4) is 0 Å². The molecule has 92 valence electrons. The molecule has 0 radical (unpaired) electrons. The van der Waals surface area contributed by atoms with Gasteiger partial charge in [0.1, 0.15) is 6.54 Å². The second-order valence-electron chi connectivity index (χ2n) is 3.73. The van der Waals surface area contributed by atoms with Crippen LogP contribution in [-0.4, -0.2) is 39.6 Å². The Balaban J connectivity index is 2.28. The van der Waals surface area contributed by atoms with Crippen molar-refractivity contribution < 1.29 is 9.90 Å². The molecule has 2 aromatic rings. The van der Waals surface area contributed by atoms with Crippen molar-refractivity contribution in [2.45, 2.75) is 0 Å². The van der Waals surface area contributed by atoms with Crippen molar-refractivity contribution in [1.29, 1.82) is 0 Å². The molecular formula is C12H12N4O2. The van der Waals surface area contributed by atoms with Gasteiger partial charge in [-0.25, -0.2) is 9.97 Å². The van der Waals surface area contributed by atoms with E-state index in [-0.39, 0.29) is 6.54 Å². The first-order chi connectivity index (χ1) is 8.66. The van der Waals surface area contributed by atoms with Gasteiger partial charge >= 0.3 is 5.97 Å². The third-order valence-electron chi connectivity index (χ3n) is 2.31. The van der Waals surface area contributed by atoms with Gasteiger partial charge in [-0.3, -0.25) is 9.78 Å². The Hall–Kier alpha value is -2.50. The van der Waals surface area contributed by atoms with E-state index in [1.54, 1.807) is 31.7 Å². The number of carboxylic acid groups (broad SMARTS) is 1. The summed E-state index contributed by atoms with van der Waals surface area (Å²) in [6.07, 6.45) is 4.98. The molecule has 2 heterocycles. The van der Waals surface area contributed by atoms with Crippen molar-refractivity contribution in [3.8, 4) is 11.3 Å². The van der Waals surface area contributed by atoms with Gasteiger partial charge < -0.3 is 10.0 Å². The molecule has 6 heteroatoms. The summed E-state index contributed by atoms with van der Waals surface area (Å²) < 4.78 is 0. The molecule has 6 nitrogen and oxygen atoms in total. The number of pyridine rings is 1. The molecule has 1 N–H and O–H groups in total. The molecule has 18 heavy (non-hydrogen) atoms. The standard InChI is InChI=1S/C12H12N4O2/c1-16(8-11(17)18)12-14-6-4-10(15-12)9-3-2-5-13-7-9/h2-7H,8H2,1H3,(H,17,18). The first-order valence-electron chi connectivity index (χ1n) is 5.33. The minimum atomic E-state index is -0.923. The van der Waals surface area contributed by atoms with Crippen LogP contribution >= 0.6 is 0 Å². The molecule has 0 fully saturated rings. The van der Waals surface area contributed by atoms with Gasteiger partial charge in [0, 0.05) is 31.2 Å². The zero-order valence-corrected chi connectivity index (χ0v) is 9.82. The maximum atomic E-state index is 10.6. The highest BCUT2D eigenvalue weighted by molar-refractivity contribution is 5.72. The average Bonchev–Trinajstić information content (AvgIpc) is 2.39. The van der Waals surface area contributed by atoms with Crippen molar-refractivity contribution in [2.75, 3.05) is 18.5 Å². The molecule has 0 aliphatic carbocycles. The molecule has 0 aliphatic rings. The van der Waals surface area contributed by atoms with E-state index in [9.17, 15) is 4.79 Å². The van der Waals surface area contributed by atoms with E-state index in [4.69, 9.17) is 5.11 Å². The lowest BCUT2D eigenvalue weighted by Crippen LogP contribution is -2.26. The van der Waals surface area contributed by atoms with Crippen molar-refractivity contribution in [3.05, 3.63) is 36.8 Å². The number of likely N-dealkylation sites (N-methyl/N-ethyl adjacent to an activating group) is 1. The lowest BCUT2D eigenvalue weighted by Gasteiger charge is -2.14. The van der Waals surface area contributed by atoms with E-state index in [1.807, 2.05) is 12.1 Å². The van der Waals surface area contributed by atoms with Gasteiger partial charge in [0.2, 0.25) is 5.95 Å². The Labute approximate surface area is 104 Å². The third kappa shape index (κ3) is 2.79. The molecule has 2 rings (SSSR count). The number of rotatable bonds is 4. The van der Waals surface area contributed by atoms with E-state index in [2.05, 4.69) is 15.0 Å². The number of anilines is 1. The van der Waals surface area contributed by atoms with Crippen molar-refractivity contribution in [3.63, 3.8) is 0 Å². The van der Waals surface area contributed by atoms with Gasteiger partial charge in [-0.2, -0.15) is 0 Å². The number of aliphatic carboxylic acids is 1. The Morgan fingerprint density at radius 3 is 2.89 bits per heavy atom. The summed E-state index contributed by atoms with van der Waals surface area (Å²) >= 11 is 0. The normalized spacial score (nSPS) is 10.1.